The zero-order valence-corrected chi connectivity index (χ0v) is 25.7. The van der Waals surface area contributed by atoms with Gasteiger partial charge in [0.25, 0.3) is 5.91 Å². The van der Waals surface area contributed by atoms with E-state index in [9.17, 15) is 32.3 Å². The number of hydrogen-bond acceptors (Lipinski definition) is 9. The van der Waals surface area contributed by atoms with Gasteiger partial charge in [-0.1, -0.05) is 25.0 Å². The standard InChI is InChI=1S/C30H36FN5O6S2/c31-20-10-8-18(9-11-20)24-17-43-29(33-24)32-23-7-5-3-1-2-4-6-19-15-30(19,28(40)35-44(41,42)22-12-13-22)34-26(38)25-14-21(37)16-36(25)27(23)39/h4,6,8-11,17,19,21-23,25,37H,1-3,5,7,12-16H2,(H,32,33)(H,34,38)(H,35,40)/b6-4-/t19-,21+,23-,25-,30+/m0/s1. The predicted molar refractivity (Wildman–Crippen MR) is 162 cm³/mol. The maximum absolute atomic E-state index is 14.0. The summed E-state index contributed by atoms with van der Waals surface area (Å²) in [6.07, 6.45) is 7.75. The number of allylic oxidation sites excluding steroid dienone is 1. The van der Waals surface area contributed by atoms with Gasteiger partial charge in [0, 0.05) is 29.8 Å². The average Bonchev–Trinajstić information content (AvgIpc) is 3.87. The molecule has 3 heterocycles. The van der Waals surface area contributed by atoms with Gasteiger partial charge < -0.3 is 20.6 Å². The number of hydrogen-bond donors (Lipinski definition) is 4. The second kappa shape index (κ2) is 12.2. The Morgan fingerprint density at radius 1 is 1.14 bits per heavy atom. The number of benzene rings is 1. The first-order chi connectivity index (χ1) is 21.1. The van der Waals surface area contributed by atoms with E-state index in [-0.39, 0.29) is 37.0 Å². The van der Waals surface area contributed by atoms with Gasteiger partial charge in [0.1, 0.15) is 23.4 Å². The number of nitrogens with one attached hydrogen (secondary N) is 3. The molecule has 3 fully saturated rings. The summed E-state index contributed by atoms with van der Waals surface area (Å²) in [5.74, 6) is -2.47. The molecule has 1 aromatic heterocycles. The lowest BCUT2D eigenvalue weighted by Gasteiger charge is -2.30. The lowest BCUT2D eigenvalue weighted by Crippen LogP contribution is -2.57. The summed E-state index contributed by atoms with van der Waals surface area (Å²) in [7, 11) is -3.83. The number of fused-ring (bicyclic) bond motifs is 2. The minimum absolute atomic E-state index is 0.00512. The van der Waals surface area contributed by atoms with Gasteiger partial charge in [-0.15, -0.1) is 11.3 Å². The van der Waals surface area contributed by atoms with E-state index >= 15 is 0 Å². The highest BCUT2D eigenvalue weighted by Crippen LogP contribution is 2.46. The van der Waals surface area contributed by atoms with Crippen molar-refractivity contribution in [3.63, 3.8) is 0 Å². The van der Waals surface area contributed by atoms with Crippen molar-refractivity contribution < 1.29 is 32.3 Å². The fourth-order valence-electron chi connectivity index (χ4n) is 6.02. The normalized spacial score (nSPS) is 30.3. The number of thiazole rings is 1. The molecule has 0 bridgehead atoms. The van der Waals surface area contributed by atoms with Crippen molar-refractivity contribution in [3.8, 4) is 11.3 Å². The zero-order valence-electron chi connectivity index (χ0n) is 24.1. The van der Waals surface area contributed by atoms with E-state index in [1.807, 2.05) is 17.5 Å². The van der Waals surface area contributed by atoms with Gasteiger partial charge in [0.15, 0.2) is 5.13 Å². The third kappa shape index (κ3) is 6.52. The largest absolute Gasteiger partial charge is 0.391 e. The number of aromatic nitrogens is 1. The van der Waals surface area contributed by atoms with Crippen LogP contribution in [0.5, 0.6) is 0 Å². The number of nitrogens with zero attached hydrogens (tertiary/aromatic N) is 2. The molecule has 2 aromatic rings. The molecular formula is C30H36FN5O6S2. The monoisotopic (exact) mass is 645 g/mol. The fraction of sp³-hybridized carbons (Fsp3) is 0.533. The summed E-state index contributed by atoms with van der Waals surface area (Å²) in [6, 6.07) is 4.21. The molecule has 0 unspecified atom stereocenters. The summed E-state index contributed by atoms with van der Waals surface area (Å²) in [4.78, 5) is 47.0. The summed E-state index contributed by atoms with van der Waals surface area (Å²) >= 11 is 1.31. The number of carbonyl (C=O) groups is 3. The van der Waals surface area contributed by atoms with Gasteiger partial charge in [0.05, 0.1) is 17.0 Å². The molecule has 0 spiro atoms. The Morgan fingerprint density at radius 2 is 1.91 bits per heavy atom. The second-order valence-corrected chi connectivity index (χ2v) is 15.0. The Labute approximate surface area is 259 Å². The first-order valence-corrected chi connectivity index (χ1v) is 17.5. The van der Waals surface area contributed by atoms with Crippen LogP contribution in [0.3, 0.4) is 0 Å². The topological polar surface area (TPSA) is 158 Å². The van der Waals surface area contributed by atoms with Crippen LogP contribution < -0.4 is 15.4 Å². The van der Waals surface area contributed by atoms with E-state index in [2.05, 4.69) is 20.3 Å². The molecule has 2 aliphatic heterocycles. The number of anilines is 1. The Hall–Kier alpha value is -3.36. The van der Waals surface area contributed by atoms with Gasteiger partial charge >= 0.3 is 0 Å². The van der Waals surface area contributed by atoms with E-state index in [1.54, 1.807) is 12.1 Å². The summed E-state index contributed by atoms with van der Waals surface area (Å²) < 4.78 is 40.7. The highest BCUT2D eigenvalue weighted by molar-refractivity contribution is 7.91. The van der Waals surface area contributed by atoms with Crippen LogP contribution in [0.15, 0.2) is 41.8 Å². The molecular weight excluding hydrogens is 609 g/mol. The van der Waals surface area contributed by atoms with Gasteiger partial charge in [0.2, 0.25) is 21.8 Å². The van der Waals surface area contributed by atoms with Crippen molar-refractivity contribution in [2.75, 3.05) is 11.9 Å². The molecule has 6 rings (SSSR count). The smallest absolute Gasteiger partial charge is 0.259 e. The molecule has 3 amide bonds. The van der Waals surface area contributed by atoms with E-state index in [1.165, 1.54) is 28.4 Å². The molecule has 2 saturated carbocycles. The van der Waals surface area contributed by atoms with Gasteiger partial charge in [-0.2, -0.15) is 0 Å². The van der Waals surface area contributed by atoms with Crippen molar-refractivity contribution in [2.24, 2.45) is 5.92 Å². The number of aliphatic hydroxyl groups is 1. The molecule has 14 heteroatoms. The SMILES string of the molecule is O=C1N[C@]2(C(=O)NS(=O)(=O)C3CC3)C[C@@H]2/C=C\CCCCC[C@H](Nc2nc(-c3ccc(F)cc3)cs2)C(=O)N2C[C@H](O)C[C@@H]12. The summed E-state index contributed by atoms with van der Waals surface area (Å²) in [5.41, 5.74) is -0.0698. The average molecular weight is 646 g/mol. The van der Waals surface area contributed by atoms with Gasteiger partial charge in [-0.3, -0.25) is 19.1 Å². The molecule has 4 aliphatic rings. The van der Waals surface area contributed by atoms with Gasteiger partial charge in [-0.05, 0) is 62.8 Å². The Morgan fingerprint density at radius 3 is 2.66 bits per heavy atom. The molecule has 236 valence electrons. The molecule has 4 N–H and O–H groups in total. The quantitative estimate of drug-likeness (QED) is 0.350. The predicted octanol–water partition coefficient (Wildman–Crippen LogP) is 2.70. The molecule has 44 heavy (non-hydrogen) atoms. The highest BCUT2D eigenvalue weighted by atomic mass is 32.2. The summed E-state index contributed by atoms with van der Waals surface area (Å²) in [5, 5.41) is 18.3. The van der Waals surface area contributed by atoms with Crippen LogP contribution in [0, 0.1) is 11.7 Å². The number of aliphatic hydroxyl groups excluding tert-OH is 1. The molecule has 1 aromatic carbocycles. The maximum atomic E-state index is 14.0. The molecule has 11 nitrogen and oxygen atoms in total. The van der Waals surface area contributed by atoms with E-state index < -0.39 is 50.8 Å². The van der Waals surface area contributed by atoms with Crippen molar-refractivity contribution in [1.82, 2.24) is 19.9 Å². The first kappa shape index (κ1) is 30.7. The van der Waals surface area contributed by atoms with E-state index in [0.29, 0.717) is 30.1 Å². The van der Waals surface area contributed by atoms with Gasteiger partial charge in [-0.25, -0.2) is 17.8 Å². The number of sulfonamides is 1. The maximum Gasteiger partial charge on any atom is 0.259 e. The molecule has 0 radical (unpaired) electrons. The lowest BCUT2D eigenvalue weighted by molar-refractivity contribution is -0.140. The Kier molecular flexibility index (Phi) is 8.50. The van der Waals surface area contributed by atoms with Crippen LogP contribution in [0.1, 0.15) is 57.8 Å². The number of halogens is 1. The fourth-order valence-corrected chi connectivity index (χ4v) is 8.16. The third-order valence-electron chi connectivity index (χ3n) is 8.80. The van der Waals surface area contributed by atoms with Crippen molar-refractivity contribution in [2.45, 2.75) is 86.8 Å². The lowest BCUT2D eigenvalue weighted by atomic mass is 10.1. The Balaban J connectivity index is 1.23. The third-order valence-corrected chi connectivity index (χ3v) is 11.4. The van der Waals surface area contributed by atoms with Crippen LogP contribution in [-0.2, 0) is 24.4 Å². The minimum atomic E-state index is -3.83. The second-order valence-electron chi connectivity index (χ2n) is 12.2. The Bertz CT molecular complexity index is 1560. The van der Waals surface area contributed by atoms with Crippen LogP contribution in [0.4, 0.5) is 9.52 Å². The van der Waals surface area contributed by atoms with Crippen LogP contribution in [0.2, 0.25) is 0 Å². The molecule has 5 atom stereocenters. The molecule has 1 saturated heterocycles. The molecule has 2 aliphatic carbocycles. The van der Waals surface area contributed by atoms with Crippen molar-refractivity contribution >= 4 is 44.2 Å². The van der Waals surface area contributed by atoms with Crippen molar-refractivity contribution in [1.29, 1.82) is 0 Å². The number of carbonyl (C=O) groups excluding carboxylic acids is 3. The summed E-state index contributed by atoms with van der Waals surface area (Å²) in [6.45, 7) is -0.0492. The van der Waals surface area contributed by atoms with E-state index in [4.69, 9.17) is 0 Å². The van der Waals surface area contributed by atoms with Crippen molar-refractivity contribution in [3.05, 3.63) is 47.6 Å². The van der Waals surface area contributed by atoms with Crippen LogP contribution in [0.25, 0.3) is 11.3 Å². The number of rotatable bonds is 6. The highest BCUT2D eigenvalue weighted by Gasteiger charge is 2.62. The minimum Gasteiger partial charge on any atom is -0.391 e. The first-order valence-electron chi connectivity index (χ1n) is 15.1. The van der Waals surface area contributed by atoms with Crippen LogP contribution in [-0.4, -0.2) is 76.7 Å². The zero-order chi connectivity index (χ0) is 31.1. The van der Waals surface area contributed by atoms with Crippen LogP contribution >= 0.6 is 11.3 Å². The number of amides is 3. The van der Waals surface area contributed by atoms with E-state index in [0.717, 1.165) is 31.2 Å².